The van der Waals surface area contributed by atoms with Crippen LogP contribution in [0.2, 0.25) is 0 Å². The van der Waals surface area contributed by atoms with Gasteiger partial charge < -0.3 is 14.9 Å². The predicted octanol–water partition coefficient (Wildman–Crippen LogP) is 7.30. The van der Waals surface area contributed by atoms with Gasteiger partial charge in [-0.05, 0) is 32.1 Å². The highest BCUT2D eigenvalue weighted by molar-refractivity contribution is 5.56. The van der Waals surface area contributed by atoms with Crippen molar-refractivity contribution in [2.45, 2.75) is 111 Å². The van der Waals surface area contributed by atoms with Gasteiger partial charge in [-0.1, -0.05) is 78.6 Å². The van der Waals surface area contributed by atoms with Crippen LogP contribution in [-0.2, 0) is 12.8 Å². The Morgan fingerprint density at radius 1 is 0.667 bits per heavy atom. The quantitative estimate of drug-likeness (QED) is 0.234. The molecular weight excluding hydrogens is 336 g/mol. The van der Waals surface area contributed by atoms with Crippen molar-refractivity contribution >= 4 is 0 Å². The number of benzene rings is 1. The average Bonchev–Trinajstić information content (AvgIpc) is 2.66. The predicted molar refractivity (Wildman–Crippen MR) is 115 cm³/mol. The number of unbranched alkanes of at least 4 members (excludes halogenated alkanes) is 9. The average molecular weight is 379 g/mol. The van der Waals surface area contributed by atoms with Crippen LogP contribution in [0.4, 0.5) is 0 Å². The van der Waals surface area contributed by atoms with E-state index < -0.39 is 0 Å². The van der Waals surface area contributed by atoms with Gasteiger partial charge in [-0.15, -0.1) is 0 Å². The largest absolute Gasteiger partial charge is 0.504 e. The van der Waals surface area contributed by atoms with Crippen molar-refractivity contribution in [3.63, 3.8) is 0 Å². The number of aromatic hydroxyl groups is 2. The highest BCUT2D eigenvalue weighted by Crippen LogP contribution is 2.40. The number of ether oxygens (including phenoxy) is 1. The van der Waals surface area contributed by atoms with Crippen LogP contribution in [0.1, 0.15) is 109 Å². The third kappa shape index (κ3) is 8.90. The minimum atomic E-state index is -0.0419. The molecule has 0 aliphatic heterocycles. The zero-order valence-corrected chi connectivity index (χ0v) is 18.0. The standard InChI is InChI=1S/C24H42O3/c1-4-7-10-12-14-16-20-21(17-15-13-11-8-5-2)24(26)22(25)19-23(20)27-18-9-6-3/h19,25-26H,4-18H2,1-3H3. The van der Waals surface area contributed by atoms with E-state index in [-0.39, 0.29) is 11.5 Å². The second kappa shape index (κ2) is 14.6. The second-order valence-electron chi connectivity index (χ2n) is 7.73. The van der Waals surface area contributed by atoms with Gasteiger partial charge in [0.05, 0.1) is 6.61 Å². The van der Waals surface area contributed by atoms with Crippen molar-refractivity contribution in [2.24, 2.45) is 0 Å². The fourth-order valence-electron chi connectivity index (χ4n) is 3.54. The molecule has 0 aromatic heterocycles. The molecule has 3 nitrogen and oxygen atoms in total. The molecule has 156 valence electrons. The van der Waals surface area contributed by atoms with Gasteiger partial charge in [-0.2, -0.15) is 0 Å². The summed E-state index contributed by atoms with van der Waals surface area (Å²) in [5.41, 5.74) is 2.03. The van der Waals surface area contributed by atoms with E-state index in [4.69, 9.17) is 4.74 Å². The van der Waals surface area contributed by atoms with Crippen molar-refractivity contribution in [3.05, 3.63) is 17.2 Å². The number of phenols is 2. The topological polar surface area (TPSA) is 49.7 Å². The van der Waals surface area contributed by atoms with Crippen LogP contribution in [0.5, 0.6) is 17.2 Å². The van der Waals surface area contributed by atoms with Gasteiger partial charge >= 0.3 is 0 Å². The van der Waals surface area contributed by atoms with Crippen LogP contribution in [0.25, 0.3) is 0 Å². The Kier molecular flexibility index (Phi) is 12.8. The van der Waals surface area contributed by atoms with E-state index in [0.29, 0.717) is 6.61 Å². The first kappa shape index (κ1) is 23.7. The lowest BCUT2D eigenvalue weighted by molar-refractivity contribution is 0.301. The maximum atomic E-state index is 10.5. The lowest BCUT2D eigenvalue weighted by Gasteiger charge is -2.18. The summed E-state index contributed by atoms with van der Waals surface area (Å²) in [4.78, 5) is 0. The van der Waals surface area contributed by atoms with Crippen LogP contribution in [0.3, 0.4) is 0 Å². The molecule has 0 atom stereocenters. The van der Waals surface area contributed by atoms with Crippen LogP contribution >= 0.6 is 0 Å². The van der Waals surface area contributed by atoms with E-state index in [1.54, 1.807) is 6.07 Å². The highest BCUT2D eigenvalue weighted by atomic mass is 16.5. The smallest absolute Gasteiger partial charge is 0.161 e. The van der Waals surface area contributed by atoms with Gasteiger partial charge in [0, 0.05) is 17.2 Å². The van der Waals surface area contributed by atoms with Gasteiger partial charge in [0.2, 0.25) is 0 Å². The van der Waals surface area contributed by atoms with E-state index in [0.717, 1.165) is 55.4 Å². The Balaban J connectivity index is 2.88. The van der Waals surface area contributed by atoms with Crippen LogP contribution < -0.4 is 4.74 Å². The molecule has 27 heavy (non-hydrogen) atoms. The zero-order chi connectivity index (χ0) is 19.9. The van der Waals surface area contributed by atoms with E-state index in [1.165, 1.54) is 51.4 Å². The summed E-state index contributed by atoms with van der Waals surface area (Å²) in [6, 6.07) is 1.62. The summed E-state index contributed by atoms with van der Waals surface area (Å²) in [6.45, 7) is 7.26. The van der Waals surface area contributed by atoms with Crippen molar-refractivity contribution in [2.75, 3.05) is 6.61 Å². The van der Waals surface area contributed by atoms with Crippen LogP contribution in [0.15, 0.2) is 6.07 Å². The molecule has 0 amide bonds. The monoisotopic (exact) mass is 378 g/mol. The Labute approximate surface area is 167 Å². The molecule has 0 heterocycles. The fraction of sp³-hybridized carbons (Fsp3) is 0.750. The number of rotatable bonds is 16. The Hall–Kier alpha value is -1.38. The summed E-state index contributed by atoms with van der Waals surface area (Å²) in [5.74, 6) is 0.800. The summed E-state index contributed by atoms with van der Waals surface area (Å²) < 4.78 is 6.01. The second-order valence-corrected chi connectivity index (χ2v) is 7.73. The van der Waals surface area contributed by atoms with Gasteiger partial charge in [-0.3, -0.25) is 0 Å². The first-order valence-corrected chi connectivity index (χ1v) is 11.3. The number of phenolic OH excluding ortho intramolecular Hbond substituents is 2. The molecule has 0 aliphatic carbocycles. The van der Waals surface area contributed by atoms with Gasteiger partial charge in [-0.25, -0.2) is 0 Å². The Morgan fingerprint density at radius 3 is 1.74 bits per heavy atom. The molecule has 0 unspecified atom stereocenters. The first-order valence-electron chi connectivity index (χ1n) is 11.3. The maximum Gasteiger partial charge on any atom is 0.161 e. The minimum Gasteiger partial charge on any atom is -0.504 e. The Bertz CT molecular complexity index is 511. The molecule has 0 saturated heterocycles. The zero-order valence-electron chi connectivity index (χ0n) is 18.0. The fourth-order valence-corrected chi connectivity index (χ4v) is 3.54. The molecule has 0 radical (unpaired) electrons. The van der Waals surface area contributed by atoms with Crippen molar-refractivity contribution < 1.29 is 14.9 Å². The third-order valence-corrected chi connectivity index (χ3v) is 5.27. The molecule has 0 aliphatic rings. The summed E-state index contributed by atoms with van der Waals surface area (Å²) in [7, 11) is 0. The normalized spacial score (nSPS) is 11.1. The molecule has 1 aromatic rings. The molecule has 1 aromatic carbocycles. The first-order chi connectivity index (χ1) is 13.2. The SMILES string of the molecule is CCCCCCCc1c(OCCCC)cc(O)c(O)c1CCCCCCC. The summed E-state index contributed by atoms with van der Waals surface area (Å²) in [5, 5.41) is 20.7. The number of hydrogen-bond donors (Lipinski definition) is 2. The molecule has 1 rings (SSSR count). The molecular formula is C24H42O3. The van der Waals surface area contributed by atoms with Crippen LogP contribution in [-0.4, -0.2) is 16.8 Å². The third-order valence-electron chi connectivity index (χ3n) is 5.27. The van der Waals surface area contributed by atoms with Gasteiger partial charge in [0.15, 0.2) is 11.5 Å². The number of hydrogen-bond acceptors (Lipinski definition) is 3. The molecule has 0 spiro atoms. The molecule has 0 fully saturated rings. The van der Waals surface area contributed by atoms with E-state index in [2.05, 4.69) is 20.8 Å². The van der Waals surface area contributed by atoms with Gasteiger partial charge in [0.25, 0.3) is 0 Å². The highest BCUT2D eigenvalue weighted by Gasteiger charge is 2.18. The molecule has 2 N–H and O–H groups in total. The van der Waals surface area contributed by atoms with Gasteiger partial charge in [0.1, 0.15) is 5.75 Å². The van der Waals surface area contributed by atoms with E-state index in [1.807, 2.05) is 0 Å². The van der Waals surface area contributed by atoms with E-state index >= 15 is 0 Å². The Morgan fingerprint density at radius 2 is 1.19 bits per heavy atom. The van der Waals surface area contributed by atoms with Crippen molar-refractivity contribution in [1.29, 1.82) is 0 Å². The summed E-state index contributed by atoms with van der Waals surface area (Å²) >= 11 is 0. The van der Waals surface area contributed by atoms with Crippen molar-refractivity contribution in [1.82, 2.24) is 0 Å². The summed E-state index contributed by atoms with van der Waals surface area (Å²) in [6.07, 6.45) is 15.9. The van der Waals surface area contributed by atoms with E-state index in [9.17, 15) is 10.2 Å². The minimum absolute atomic E-state index is 0.0419. The van der Waals surface area contributed by atoms with Crippen LogP contribution in [0, 0.1) is 0 Å². The van der Waals surface area contributed by atoms with Crippen molar-refractivity contribution in [3.8, 4) is 17.2 Å². The molecule has 3 heteroatoms. The molecule has 0 bridgehead atoms. The maximum absolute atomic E-state index is 10.5. The lowest BCUT2D eigenvalue weighted by Crippen LogP contribution is -2.04. The lowest BCUT2D eigenvalue weighted by atomic mass is 9.94. The molecule has 0 saturated carbocycles.